The topological polar surface area (TPSA) is 77.4 Å². The number of carbonyl (C=O) groups is 1. The van der Waals surface area contributed by atoms with Gasteiger partial charge < -0.3 is 24.7 Å². The molecule has 1 amide bonds. The maximum absolute atomic E-state index is 12.8. The number of benzene rings is 3. The highest BCUT2D eigenvalue weighted by Gasteiger charge is 2.22. The summed E-state index contributed by atoms with van der Waals surface area (Å²) < 4.78 is 12.7. The molecule has 0 spiro atoms. The van der Waals surface area contributed by atoms with E-state index in [1.807, 2.05) is 54.9 Å². The smallest absolute Gasteiger partial charge is 0.251 e. The fourth-order valence-electron chi connectivity index (χ4n) is 4.20. The largest absolute Gasteiger partial charge is 0.493 e. The summed E-state index contributed by atoms with van der Waals surface area (Å²) in [7, 11) is 5.24. The van der Waals surface area contributed by atoms with Gasteiger partial charge in [-0.05, 0) is 60.5 Å². The minimum atomic E-state index is -0.233. The van der Waals surface area contributed by atoms with Crippen LogP contribution in [0.25, 0.3) is 11.0 Å². The van der Waals surface area contributed by atoms with Crippen molar-refractivity contribution in [3.05, 3.63) is 83.2 Å². The van der Waals surface area contributed by atoms with Crippen LogP contribution in [0, 0.1) is 6.92 Å². The predicted octanol–water partition coefficient (Wildman–Crippen LogP) is 5.22. The molecule has 1 aromatic heterocycles. The number of hydrogen-bond donors (Lipinski definition) is 2. The van der Waals surface area contributed by atoms with Crippen LogP contribution in [-0.2, 0) is 19.0 Å². The number of carbonyl (C=O) groups excluding carboxylic acids is 1. The van der Waals surface area contributed by atoms with E-state index in [1.54, 1.807) is 14.2 Å². The van der Waals surface area contributed by atoms with Crippen LogP contribution in [0.3, 0.4) is 0 Å². The van der Waals surface area contributed by atoms with Crippen LogP contribution in [0.5, 0.6) is 11.5 Å². The highest BCUT2D eigenvalue weighted by molar-refractivity contribution is 5.97. The van der Waals surface area contributed by atoms with E-state index in [4.69, 9.17) is 9.47 Å². The number of ether oxygens (including phenoxy) is 2. The lowest BCUT2D eigenvalue weighted by Crippen LogP contribution is -2.36. The normalized spacial score (nSPS) is 11.4. The SMILES string of the molecule is COc1ccc(CNc2ccc(C(C)(C)CNC(=O)c3ccc4c(c3)nc(C)n4C)cc2)cc1OC. The molecular weight excluding hydrogens is 452 g/mol. The molecule has 7 nitrogen and oxygen atoms in total. The molecule has 188 valence electrons. The quantitative estimate of drug-likeness (QED) is 0.339. The molecule has 0 unspecified atom stereocenters. The molecule has 0 aliphatic carbocycles. The van der Waals surface area contributed by atoms with Gasteiger partial charge in [0.15, 0.2) is 11.5 Å². The highest BCUT2D eigenvalue weighted by Crippen LogP contribution is 2.28. The number of amides is 1. The summed E-state index contributed by atoms with van der Waals surface area (Å²) in [6.45, 7) is 7.40. The van der Waals surface area contributed by atoms with Crippen LogP contribution in [0.1, 0.15) is 41.2 Å². The third kappa shape index (κ3) is 5.30. The lowest BCUT2D eigenvalue weighted by Gasteiger charge is -2.26. The third-order valence-corrected chi connectivity index (χ3v) is 6.67. The molecule has 0 bridgehead atoms. The van der Waals surface area contributed by atoms with E-state index in [9.17, 15) is 4.79 Å². The Morgan fingerprint density at radius 1 is 0.972 bits per heavy atom. The Kier molecular flexibility index (Phi) is 7.20. The van der Waals surface area contributed by atoms with Crippen molar-refractivity contribution in [1.29, 1.82) is 0 Å². The van der Waals surface area contributed by atoms with Crippen molar-refractivity contribution < 1.29 is 14.3 Å². The van der Waals surface area contributed by atoms with Crippen LogP contribution in [0.2, 0.25) is 0 Å². The number of aromatic nitrogens is 2. The Labute approximate surface area is 212 Å². The zero-order chi connectivity index (χ0) is 25.9. The van der Waals surface area contributed by atoms with Gasteiger partial charge in [-0.1, -0.05) is 32.0 Å². The molecule has 2 N–H and O–H groups in total. The number of fused-ring (bicyclic) bond motifs is 1. The average Bonchev–Trinajstić information content (AvgIpc) is 3.18. The van der Waals surface area contributed by atoms with Gasteiger partial charge in [-0.15, -0.1) is 0 Å². The fourth-order valence-corrected chi connectivity index (χ4v) is 4.20. The number of methoxy groups -OCH3 is 2. The first kappa shape index (κ1) is 25.1. The molecule has 4 aromatic rings. The first-order valence-electron chi connectivity index (χ1n) is 12.0. The summed E-state index contributed by atoms with van der Waals surface area (Å²) >= 11 is 0. The highest BCUT2D eigenvalue weighted by atomic mass is 16.5. The number of rotatable bonds is 9. The number of nitrogens with zero attached hydrogens (tertiary/aromatic N) is 2. The average molecular weight is 487 g/mol. The van der Waals surface area contributed by atoms with Crippen molar-refractivity contribution >= 4 is 22.6 Å². The second-order valence-corrected chi connectivity index (χ2v) is 9.61. The van der Waals surface area contributed by atoms with E-state index in [0.29, 0.717) is 30.2 Å². The number of nitrogens with one attached hydrogen (secondary N) is 2. The van der Waals surface area contributed by atoms with Crippen LogP contribution < -0.4 is 20.1 Å². The Hall–Kier alpha value is -4.00. The van der Waals surface area contributed by atoms with E-state index in [1.165, 1.54) is 0 Å². The Morgan fingerprint density at radius 3 is 2.39 bits per heavy atom. The fraction of sp³-hybridized carbons (Fsp3) is 0.310. The van der Waals surface area contributed by atoms with Crippen molar-refractivity contribution in [2.24, 2.45) is 7.05 Å². The molecule has 36 heavy (non-hydrogen) atoms. The predicted molar refractivity (Wildman–Crippen MR) is 144 cm³/mol. The molecule has 0 saturated carbocycles. The maximum Gasteiger partial charge on any atom is 0.251 e. The van der Waals surface area contributed by atoms with Crippen molar-refractivity contribution in [3.8, 4) is 11.5 Å². The summed E-state index contributed by atoms with van der Waals surface area (Å²) in [6.07, 6.45) is 0. The van der Waals surface area contributed by atoms with E-state index < -0.39 is 0 Å². The van der Waals surface area contributed by atoms with Crippen LogP contribution in [-0.4, -0.2) is 36.2 Å². The number of hydrogen-bond acceptors (Lipinski definition) is 5. The van der Waals surface area contributed by atoms with Gasteiger partial charge >= 0.3 is 0 Å². The molecule has 3 aromatic carbocycles. The van der Waals surface area contributed by atoms with Crippen molar-refractivity contribution in [1.82, 2.24) is 14.9 Å². The van der Waals surface area contributed by atoms with Gasteiger partial charge in [0, 0.05) is 36.8 Å². The number of aryl methyl sites for hydroxylation is 2. The second-order valence-electron chi connectivity index (χ2n) is 9.61. The summed E-state index contributed by atoms with van der Waals surface area (Å²) in [5, 5.41) is 6.54. The first-order chi connectivity index (χ1) is 17.2. The zero-order valence-electron chi connectivity index (χ0n) is 21.8. The third-order valence-electron chi connectivity index (χ3n) is 6.67. The lowest BCUT2D eigenvalue weighted by atomic mass is 9.84. The van der Waals surface area contributed by atoms with Gasteiger partial charge in [0.2, 0.25) is 0 Å². The van der Waals surface area contributed by atoms with Crippen molar-refractivity contribution in [3.63, 3.8) is 0 Å². The van der Waals surface area contributed by atoms with E-state index in [-0.39, 0.29) is 11.3 Å². The number of anilines is 1. The van der Waals surface area contributed by atoms with Gasteiger partial charge in [-0.25, -0.2) is 4.98 Å². The van der Waals surface area contributed by atoms with Crippen molar-refractivity contribution in [2.45, 2.75) is 32.7 Å². The molecule has 1 heterocycles. The Morgan fingerprint density at radius 2 is 1.69 bits per heavy atom. The molecule has 0 fully saturated rings. The molecule has 0 aliphatic heterocycles. The molecular formula is C29H34N4O3. The molecule has 7 heteroatoms. The molecule has 0 saturated heterocycles. The van der Waals surface area contributed by atoms with E-state index in [2.05, 4.69) is 53.7 Å². The first-order valence-corrected chi connectivity index (χ1v) is 12.0. The van der Waals surface area contributed by atoms with Gasteiger partial charge in [0.1, 0.15) is 5.82 Å². The van der Waals surface area contributed by atoms with Crippen LogP contribution in [0.15, 0.2) is 60.7 Å². The minimum Gasteiger partial charge on any atom is -0.493 e. The minimum absolute atomic E-state index is 0.0958. The van der Waals surface area contributed by atoms with Crippen molar-refractivity contribution in [2.75, 3.05) is 26.1 Å². The Balaban J connectivity index is 1.36. The van der Waals surface area contributed by atoms with E-state index >= 15 is 0 Å². The molecule has 0 aliphatic rings. The molecule has 4 rings (SSSR count). The van der Waals surface area contributed by atoms with E-state index in [0.717, 1.165) is 33.7 Å². The summed E-state index contributed by atoms with van der Waals surface area (Å²) in [6, 6.07) is 19.9. The van der Waals surface area contributed by atoms with Crippen LogP contribution >= 0.6 is 0 Å². The van der Waals surface area contributed by atoms with Gasteiger partial charge in [0.05, 0.1) is 25.3 Å². The number of imidazole rings is 1. The maximum atomic E-state index is 12.8. The monoisotopic (exact) mass is 486 g/mol. The van der Waals surface area contributed by atoms with Gasteiger partial charge in [-0.3, -0.25) is 4.79 Å². The summed E-state index contributed by atoms with van der Waals surface area (Å²) in [5.41, 5.74) is 5.50. The zero-order valence-corrected chi connectivity index (χ0v) is 21.8. The molecule has 0 atom stereocenters. The standard InChI is InChI=1S/C29H34N4O3/c1-19-32-24-16-21(8-13-25(24)33(19)4)28(34)31-18-29(2,3)22-9-11-23(12-10-22)30-17-20-7-14-26(35-5)27(15-20)36-6/h7-16,30H,17-18H2,1-6H3,(H,31,34). The summed E-state index contributed by atoms with van der Waals surface area (Å²) in [5.74, 6) is 2.25. The molecule has 0 radical (unpaired) electrons. The summed E-state index contributed by atoms with van der Waals surface area (Å²) in [4.78, 5) is 17.4. The Bertz CT molecular complexity index is 1370. The van der Waals surface area contributed by atoms with Gasteiger partial charge in [-0.2, -0.15) is 0 Å². The van der Waals surface area contributed by atoms with Crippen LogP contribution in [0.4, 0.5) is 5.69 Å². The second kappa shape index (κ2) is 10.3. The van der Waals surface area contributed by atoms with Gasteiger partial charge in [0.25, 0.3) is 5.91 Å². The lowest BCUT2D eigenvalue weighted by molar-refractivity contribution is 0.0946.